The number of esters is 2. The van der Waals surface area contributed by atoms with Gasteiger partial charge in [0.2, 0.25) is 6.23 Å². The predicted molar refractivity (Wildman–Crippen MR) is 81.2 cm³/mol. The van der Waals surface area contributed by atoms with Crippen LogP contribution in [-0.2, 0) is 19.1 Å². The first-order chi connectivity index (χ1) is 11.0. The number of halogens is 2. The summed E-state index contributed by atoms with van der Waals surface area (Å²) in [6, 6.07) is 1.49. The molecule has 1 unspecified atom stereocenters. The summed E-state index contributed by atoms with van der Waals surface area (Å²) < 4.78 is 11.1. The van der Waals surface area contributed by atoms with Crippen LogP contribution in [0.4, 0.5) is 5.69 Å². The van der Waals surface area contributed by atoms with Crippen LogP contribution < -0.4 is 10.2 Å². The molecule has 2 fully saturated rings. The number of carbonyl (C=O) groups is 2. The normalized spacial score (nSPS) is 33.6. The Hall–Kier alpha value is -1.83. The summed E-state index contributed by atoms with van der Waals surface area (Å²) in [5.74, 6) is -1.16. The van der Waals surface area contributed by atoms with Crippen molar-refractivity contribution >= 4 is 40.8 Å². The van der Waals surface area contributed by atoms with Crippen molar-refractivity contribution in [2.75, 3.05) is 18.0 Å². The number of pyridine rings is 1. The number of ether oxygens (including phenoxy) is 2. The molecule has 1 spiro atoms. The van der Waals surface area contributed by atoms with Crippen LogP contribution in [-0.4, -0.2) is 47.9 Å². The summed E-state index contributed by atoms with van der Waals surface area (Å²) in [5, 5.41) is 3.67. The third kappa shape index (κ3) is 2.19. The van der Waals surface area contributed by atoms with E-state index >= 15 is 0 Å². The lowest BCUT2D eigenvalue weighted by Gasteiger charge is -2.46. The van der Waals surface area contributed by atoms with Gasteiger partial charge in [-0.2, -0.15) is 0 Å². The molecule has 7 nitrogen and oxygen atoms in total. The molecular weight excluding hydrogens is 345 g/mol. The van der Waals surface area contributed by atoms with Crippen LogP contribution in [0.1, 0.15) is 0 Å². The van der Waals surface area contributed by atoms with E-state index in [0.29, 0.717) is 23.8 Å². The van der Waals surface area contributed by atoms with E-state index in [-0.39, 0.29) is 11.2 Å². The molecule has 23 heavy (non-hydrogen) atoms. The SMILES string of the molecule is O=C1/C=C\C(=O)O[C@@]23CN[C@H]2CN(c2cnc(Cl)c(Cl)c2)C3O1. The zero-order valence-electron chi connectivity index (χ0n) is 11.7. The summed E-state index contributed by atoms with van der Waals surface area (Å²) in [5.41, 5.74) is -0.280. The summed E-state index contributed by atoms with van der Waals surface area (Å²) in [4.78, 5) is 29.5. The van der Waals surface area contributed by atoms with Gasteiger partial charge in [0.15, 0.2) is 5.60 Å². The summed E-state index contributed by atoms with van der Waals surface area (Å²) in [6.45, 7) is 0.880. The third-order valence-electron chi connectivity index (χ3n) is 4.28. The summed E-state index contributed by atoms with van der Waals surface area (Å²) in [7, 11) is 0. The zero-order chi connectivity index (χ0) is 16.2. The van der Waals surface area contributed by atoms with Gasteiger partial charge in [-0.25, -0.2) is 14.6 Å². The molecule has 3 aliphatic heterocycles. The first-order valence-electron chi connectivity index (χ1n) is 6.92. The fourth-order valence-corrected chi connectivity index (χ4v) is 3.38. The Morgan fingerprint density at radius 2 is 2.09 bits per heavy atom. The van der Waals surface area contributed by atoms with Crippen molar-refractivity contribution in [3.63, 3.8) is 0 Å². The maximum absolute atomic E-state index is 11.9. The molecule has 0 bridgehead atoms. The highest BCUT2D eigenvalue weighted by molar-refractivity contribution is 6.41. The second-order valence-electron chi connectivity index (χ2n) is 5.55. The first-order valence-corrected chi connectivity index (χ1v) is 7.68. The molecule has 1 aromatic heterocycles. The van der Waals surface area contributed by atoms with Crippen LogP contribution in [0.15, 0.2) is 24.4 Å². The maximum atomic E-state index is 11.9. The Balaban J connectivity index is 1.75. The van der Waals surface area contributed by atoms with Crippen molar-refractivity contribution in [3.05, 3.63) is 34.6 Å². The zero-order valence-corrected chi connectivity index (χ0v) is 13.2. The van der Waals surface area contributed by atoms with Crippen LogP contribution >= 0.6 is 23.2 Å². The molecule has 0 amide bonds. The standard InChI is InChI=1S/C14H11Cl2N3O4/c15-8-3-7(4-17-12(8)16)19-5-9-14(6-18-9)13(19)22-10(20)1-2-11(21)23-14/h1-4,9,13,18H,5-6H2/b2-1-/t9-,13?,14-/m0/s1. The van der Waals surface area contributed by atoms with Crippen LogP contribution in [0, 0.1) is 0 Å². The number of hydrogen-bond donors (Lipinski definition) is 1. The molecule has 0 saturated carbocycles. The quantitative estimate of drug-likeness (QED) is 0.592. The number of rotatable bonds is 1. The Morgan fingerprint density at radius 3 is 2.78 bits per heavy atom. The van der Waals surface area contributed by atoms with Gasteiger partial charge >= 0.3 is 11.9 Å². The van der Waals surface area contributed by atoms with Crippen molar-refractivity contribution in [1.82, 2.24) is 10.3 Å². The minimum atomic E-state index is -0.913. The van der Waals surface area contributed by atoms with Gasteiger partial charge in [0.05, 0.1) is 22.9 Å². The molecule has 4 rings (SSSR count). The third-order valence-corrected chi connectivity index (χ3v) is 4.97. The van der Waals surface area contributed by atoms with Crippen LogP contribution in [0.5, 0.6) is 0 Å². The monoisotopic (exact) mass is 355 g/mol. The van der Waals surface area contributed by atoms with E-state index in [1.54, 1.807) is 11.0 Å². The van der Waals surface area contributed by atoms with E-state index in [9.17, 15) is 9.59 Å². The average molecular weight is 356 g/mol. The van der Waals surface area contributed by atoms with Gasteiger partial charge in [-0.05, 0) is 6.07 Å². The second kappa shape index (κ2) is 5.09. The second-order valence-corrected chi connectivity index (χ2v) is 6.32. The lowest BCUT2D eigenvalue weighted by Crippen LogP contribution is -2.72. The molecular formula is C14H11Cl2N3O4. The molecule has 1 N–H and O–H groups in total. The van der Waals surface area contributed by atoms with Gasteiger partial charge in [-0.15, -0.1) is 0 Å². The molecule has 3 aliphatic rings. The van der Waals surface area contributed by atoms with Gasteiger partial charge in [-0.1, -0.05) is 23.2 Å². The highest BCUT2D eigenvalue weighted by Crippen LogP contribution is 2.42. The fraction of sp³-hybridized carbons (Fsp3) is 0.357. The lowest BCUT2D eigenvalue weighted by molar-refractivity contribution is -0.191. The fourth-order valence-electron chi connectivity index (χ4n) is 3.12. The minimum Gasteiger partial charge on any atom is -0.447 e. The smallest absolute Gasteiger partial charge is 0.333 e. The van der Waals surface area contributed by atoms with Gasteiger partial charge in [-0.3, -0.25) is 0 Å². The summed E-state index contributed by atoms with van der Waals surface area (Å²) in [6.07, 6.45) is 2.91. The largest absolute Gasteiger partial charge is 0.447 e. The van der Waals surface area contributed by atoms with Crippen molar-refractivity contribution in [2.45, 2.75) is 17.9 Å². The number of nitrogens with one attached hydrogen (secondary N) is 1. The van der Waals surface area contributed by atoms with Crippen LogP contribution in [0.25, 0.3) is 0 Å². The summed E-state index contributed by atoms with van der Waals surface area (Å²) >= 11 is 11.9. The van der Waals surface area contributed by atoms with Gasteiger partial charge < -0.3 is 19.7 Å². The van der Waals surface area contributed by atoms with E-state index in [1.807, 2.05) is 0 Å². The first kappa shape index (κ1) is 14.7. The van der Waals surface area contributed by atoms with E-state index in [2.05, 4.69) is 10.3 Å². The van der Waals surface area contributed by atoms with Crippen LogP contribution in [0.3, 0.4) is 0 Å². The average Bonchev–Trinajstić information content (AvgIpc) is 2.68. The molecule has 0 radical (unpaired) electrons. The molecule has 2 saturated heterocycles. The van der Waals surface area contributed by atoms with Crippen molar-refractivity contribution in [3.8, 4) is 0 Å². The Labute approximate surface area is 141 Å². The van der Waals surface area contributed by atoms with E-state index in [1.165, 1.54) is 6.20 Å². The van der Waals surface area contributed by atoms with E-state index in [0.717, 1.165) is 12.2 Å². The van der Waals surface area contributed by atoms with E-state index < -0.39 is 23.8 Å². The molecule has 120 valence electrons. The van der Waals surface area contributed by atoms with Crippen molar-refractivity contribution in [2.24, 2.45) is 0 Å². The number of aromatic nitrogens is 1. The number of carbonyl (C=O) groups excluding carboxylic acids is 2. The molecule has 9 heteroatoms. The molecule has 0 aliphatic carbocycles. The predicted octanol–water partition coefficient (Wildman–Crippen LogP) is 0.901. The molecule has 0 aromatic carbocycles. The molecule has 4 heterocycles. The number of hydrogen-bond acceptors (Lipinski definition) is 7. The maximum Gasteiger partial charge on any atom is 0.333 e. The lowest BCUT2D eigenvalue weighted by atomic mass is 9.87. The molecule has 1 aromatic rings. The number of nitrogens with zero attached hydrogens (tertiary/aromatic N) is 2. The minimum absolute atomic E-state index is 0.148. The van der Waals surface area contributed by atoms with E-state index in [4.69, 9.17) is 32.7 Å². The Kier molecular flexibility index (Phi) is 3.26. The highest BCUT2D eigenvalue weighted by atomic mass is 35.5. The molecule has 3 atom stereocenters. The van der Waals surface area contributed by atoms with Gasteiger partial charge in [0.1, 0.15) is 5.15 Å². The van der Waals surface area contributed by atoms with Crippen LogP contribution in [0.2, 0.25) is 10.2 Å². The van der Waals surface area contributed by atoms with Gasteiger partial charge in [0, 0.05) is 25.2 Å². The Bertz CT molecular complexity index is 741. The topological polar surface area (TPSA) is 80.8 Å². The van der Waals surface area contributed by atoms with Gasteiger partial charge in [0.25, 0.3) is 0 Å². The Morgan fingerprint density at radius 1 is 1.30 bits per heavy atom. The van der Waals surface area contributed by atoms with Crippen molar-refractivity contribution < 1.29 is 19.1 Å². The number of anilines is 1. The highest BCUT2D eigenvalue weighted by Gasteiger charge is 2.65. The van der Waals surface area contributed by atoms with Crippen molar-refractivity contribution in [1.29, 1.82) is 0 Å².